The van der Waals surface area contributed by atoms with Gasteiger partial charge in [-0.05, 0) is 12.1 Å². The van der Waals surface area contributed by atoms with Gasteiger partial charge < -0.3 is 4.57 Å². The van der Waals surface area contributed by atoms with Gasteiger partial charge in [0.1, 0.15) is 0 Å². The third-order valence-electron chi connectivity index (χ3n) is 2.82. The van der Waals surface area contributed by atoms with Gasteiger partial charge in [0.05, 0.1) is 0 Å². The summed E-state index contributed by atoms with van der Waals surface area (Å²) in [7, 11) is 2.12. The molecular weight excluding hydrogens is 254 g/mol. The number of benzene rings is 2. The van der Waals surface area contributed by atoms with E-state index in [-0.39, 0.29) is 7.43 Å². The van der Waals surface area contributed by atoms with Crippen molar-refractivity contribution in [3.63, 3.8) is 0 Å². The Morgan fingerprint density at radius 3 is 1.19 bits per heavy atom. The van der Waals surface area contributed by atoms with Crippen molar-refractivity contribution in [3.05, 3.63) is 48.5 Å². The van der Waals surface area contributed by atoms with Crippen LogP contribution in [0.25, 0.3) is 21.8 Å². The van der Waals surface area contributed by atoms with E-state index in [1.165, 1.54) is 21.8 Å². The van der Waals surface area contributed by atoms with Crippen LogP contribution < -0.4 is 0 Å². The maximum Gasteiger partial charge on any atom is 0.0488 e. The summed E-state index contributed by atoms with van der Waals surface area (Å²) in [6.45, 7) is 12.0. The molecule has 0 saturated heterocycles. The first-order valence-electron chi connectivity index (χ1n) is 7.80. The number of nitrogens with zero attached hydrogens (tertiary/aromatic N) is 1. The van der Waals surface area contributed by atoms with Crippen molar-refractivity contribution in [2.45, 2.75) is 49.0 Å². The summed E-state index contributed by atoms with van der Waals surface area (Å²) in [6, 6.07) is 17.0. The predicted molar refractivity (Wildman–Crippen MR) is 101 cm³/mol. The van der Waals surface area contributed by atoms with Crippen LogP contribution in [-0.2, 0) is 7.05 Å². The molecule has 0 N–H and O–H groups in total. The Morgan fingerprint density at radius 2 is 0.857 bits per heavy atom. The van der Waals surface area contributed by atoms with E-state index in [9.17, 15) is 0 Å². The molecule has 0 amide bonds. The zero-order valence-corrected chi connectivity index (χ0v) is 14.1. The van der Waals surface area contributed by atoms with Crippen molar-refractivity contribution in [3.8, 4) is 0 Å². The van der Waals surface area contributed by atoms with Gasteiger partial charge in [-0.15, -0.1) is 0 Å². The molecule has 1 nitrogen and oxygen atoms in total. The third kappa shape index (κ3) is 4.63. The van der Waals surface area contributed by atoms with Gasteiger partial charge >= 0.3 is 0 Å². The van der Waals surface area contributed by atoms with Crippen molar-refractivity contribution < 1.29 is 0 Å². The SMILES string of the molecule is C.CC.CC.CC.Cn1c2ccccc2c2ccccc21. The van der Waals surface area contributed by atoms with Gasteiger partial charge in [-0.2, -0.15) is 0 Å². The van der Waals surface area contributed by atoms with Gasteiger partial charge in [-0.3, -0.25) is 0 Å². The van der Waals surface area contributed by atoms with Gasteiger partial charge in [0, 0.05) is 28.9 Å². The van der Waals surface area contributed by atoms with Crippen molar-refractivity contribution >= 4 is 21.8 Å². The van der Waals surface area contributed by atoms with Crippen LogP contribution in [0.4, 0.5) is 0 Å². The Morgan fingerprint density at radius 1 is 0.571 bits per heavy atom. The van der Waals surface area contributed by atoms with Crippen LogP contribution in [0.3, 0.4) is 0 Å². The molecule has 0 fully saturated rings. The summed E-state index contributed by atoms with van der Waals surface area (Å²) in [5, 5.41) is 2.68. The highest BCUT2D eigenvalue weighted by Crippen LogP contribution is 2.26. The Balaban J connectivity index is 0. The number of hydrogen-bond acceptors (Lipinski definition) is 0. The van der Waals surface area contributed by atoms with E-state index in [0.717, 1.165) is 0 Å². The average molecular weight is 287 g/mol. The quantitative estimate of drug-likeness (QED) is 0.417. The second-order valence-electron chi connectivity index (χ2n) is 3.59. The van der Waals surface area contributed by atoms with Crippen LogP contribution in [0.2, 0.25) is 0 Å². The van der Waals surface area contributed by atoms with Crippen LogP contribution in [0.5, 0.6) is 0 Å². The van der Waals surface area contributed by atoms with E-state index >= 15 is 0 Å². The molecule has 1 heterocycles. The molecule has 0 aliphatic carbocycles. The summed E-state index contributed by atoms with van der Waals surface area (Å²) in [5.41, 5.74) is 2.60. The molecule has 0 aliphatic heterocycles. The van der Waals surface area contributed by atoms with Crippen molar-refractivity contribution in [2.24, 2.45) is 7.05 Å². The normalized spacial score (nSPS) is 8.33. The highest BCUT2D eigenvalue weighted by atomic mass is 14.9. The Labute approximate surface area is 131 Å². The van der Waals surface area contributed by atoms with Crippen LogP contribution in [-0.4, -0.2) is 4.57 Å². The molecule has 0 saturated carbocycles. The van der Waals surface area contributed by atoms with Gasteiger partial charge in [0.15, 0.2) is 0 Å². The molecule has 3 aromatic rings. The number of aryl methyl sites for hydroxylation is 1. The van der Waals surface area contributed by atoms with E-state index in [4.69, 9.17) is 0 Å². The third-order valence-corrected chi connectivity index (χ3v) is 2.82. The summed E-state index contributed by atoms with van der Waals surface area (Å²) in [5.74, 6) is 0. The maximum absolute atomic E-state index is 2.24. The molecule has 0 atom stereocenters. The summed E-state index contributed by atoms with van der Waals surface area (Å²) in [6.07, 6.45) is 0. The lowest BCUT2D eigenvalue weighted by molar-refractivity contribution is 1.01. The van der Waals surface area contributed by atoms with Crippen LogP contribution in [0, 0.1) is 0 Å². The van der Waals surface area contributed by atoms with Crippen molar-refractivity contribution in [1.82, 2.24) is 4.57 Å². The van der Waals surface area contributed by atoms with E-state index in [2.05, 4.69) is 60.1 Å². The molecule has 0 spiro atoms. The minimum atomic E-state index is 0. The highest BCUT2D eigenvalue weighted by Gasteiger charge is 2.04. The molecule has 2 aromatic carbocycles. The fourth-order valence-electron chi connectivity index (χ4n) is 2.12. The standard InChI is InChI=1S/C13H11N.3C2H6.CH4/c1-14-12-8-4-2-6-10(12)11-7-3-5-9-13(11)14;3*1-2;/h2-9H,1H3;3*1-2H3;1H4. The lowest BCUT2D eigenvalue weighted by Gasteiger charge is -1.95. The van der Waals surface area contributed by atoms with E-state index in [1.807, 2.05) is 41.5 Å². The number of aromatic nitrogens is 1. The molecule has 1 aromatic heterocycles. The number of para-hydroxylation sites is 2. The molecule has 0 aliphatic rings. The summed E-state index contributed by atoms with van der Waals surface area (Å²) >= 11 is 0. The van der Waals surface area contributed by atoms with Gasteiger partial charge in [0.25, 0.3) is 0 Å². The second kappa shape index (κ2) is 12.0. The Kier molecular flexibility index (Phi) is 12.3. The second-order valence-corrected chi connectivity index (χ2v) is 3.59. The monoisotopic (exact) mass is 287 g/mol. The maximum atomic E-state index is 2.24. The molecule has 0 radical (unpaired) electrons. The first-order valence-corrected chi connectivity index (χ1v) is 7.80. The van der Waals surface area contributed by atoms with E-state index in [0.29, 0.717) is 0 Å². The minimum Gasteiger partial charge on any atom is -0.344 e. The largest absolute Gasteiger partial charge is 0.344 e. The first kappa shape index (κ1) is 21.5. The predicted octanol–water partition coefficient (Wildman–Crippen LogP) is 7.05. The highest BCUT2D eigenvalue weighted by molar-refractivity contribution is 6.07. The van der Waals surface area contributed by atoms with E-state index < -0.39 is 0 Å². The smallest absolute Gasteiger partial charge is 0.0488 e. The lowest BCUT2D eigenvalue weighted by atomic mass is 10.2. The fraction of sp³-hybridized carbons (Fsp3) is 0.400. The topological polar surface area (TPSA) is 4.93 Å². The molecule has 118 valence electrons. The number of fused-ring (bicyclic) bond motifs is 3. The molecule has 1 heteroatoms. The van der Waals surface area contributed by atoms with Crippen LogP contribution >= 0.6 is 0 Å². The van der Waals surface area contributed by atoms with Gasteiger partial charge in [0.2, 0.25) is 0 Å². The molecule has 21 heavy (non-hydrogen) atoms. The Hall–Kier alpha value is -1.76. The molecular formula is C20H33N. The summed E-state index contributed by atoms with van der Waals surface area (Å²) in [4.78, 5) is 0. The first-order chi connectivity index (χ1) is 9.88. The zero-order chi connectivity index (χ0) is 15.5. The lowest BCUT2D eigenvalue weighted by Crippen LogP contribution is -1.84. The summed E-state index contributed by atoms with van der Waals surface area (Å²) < 4.78 is 2.24. The molecule has 0 bridgehead atoms. The molecule has 0 unspecified atom stereocenters. The number of hydrogen-bond donors (Lipinski definition) is 0. The van der Waals surface area contributed by atoms with Crippen LogP contribution in [0.15, 0.2) is 48.5 Å². The van der Waals surface area contributed by atoms with Crippen LogP contribution in [0.1, 0.15) is 49.0 Å². The molecule has 3 rings (SSSR count). The van der Waals surface area contributed by atoms with Gasteiger partial charge in [-0.1, -0.05) is 85.4 Å². The van der Waals surface area contributed by atoms with Crippen molar-refractivity contribution in [1.29, 1.82) is 0 Å². The van der Waals surface area contributed by atoms with Crippen molar-refractivity contribution in [2.75, 3.05) is 0 Å². The van der Waals surface area contributed by atoms with Gasteiger partial charge in [-0.25, -0.2) is 0 Å². The number of rotatable bonds is 0. The van der Waals surface area contributed by atoms with E-state index in [1.54, 1.807) is 0 Å². The zero-order valence-electron chi connectivity index (χ0n) is 14.1. The Bertz CT molecular complexity index is 552. The fourth-order valence-corrected chi connectivity index (χ4v) is 2.12. The minimum absolute atomic E-state index is 0. The average Bonchev–Trinajstić information content (AvgIpc) is 2.87.